The van der Waals surface area contributed by atoms with Crippen LogP contribution in [0.15, 0.2) is 36.4 Å². The summed E-state index contributed by atoms with van der Waals surface area (Å²) >= 11 is 6.06. The van der Waals surface area contributed by atoms with Crippen LogP contribution in [0.4, 0.5) is 5.69 Å². The zero-order chi connectivity index (χ0) is 22.5. The van der Waals surface area contributed by atoms with Crippen LogP contribution in [0.2, 0.25) is 5.02 Å². The summed E-state index contributed by atoms with van der Waals surface area (Å²) < 4.78 is 15.9. The molecule has 31 heavy (non-hydrogen) atoms. The molecule has 0 spiro atoms. The minimum absolute atomic E-state index is 0.0136. The lowest BCUT2D eigenvalue weighted by Gasteiger charge is -2.33. The second-order valence-electron chi connectivity index (χ2n) is 7.35. The molecule has 166 valence electrons. The maximum atomic E-state index is 13.1. The first-order valence-electron chi connectivity index (χ1n) is 10.0. The van der Waals surface area contributed by atoms with E-state index in [0.717, 1.165) is 5.69 Å². The molecule has 3 rings (SSSR count). The van der Waals surface area contributed by atoms with E-state index in [2.05, 4.69) is 0 Å². The lowest BCUT2D eigenvalue weighted by atomic mass is 9.94. The second kappa shape index (κ2) is 9.92. The monoisotopic (exact) mass is 446 g/mol. The van der Waals surface area contributed by atoms with Crippen molar-refractivity contribution in [2.45, 2.75) is 12.8 Å². The summed E-state index contributed by atoms with van der Waals surface area (Å²) in [6.07, 6.45) is 1.18. The third-order valence-electron chi connectivity index (χ3n) is 5.61. The van der Waals surface area contributed by atoms with Crippen LogP contribution in [-0.2, 0) is 4.79 Å². The van der Waals surface area contributed by atoms with Crippen molar-refractivity contribution in [3.8, 4) is 17.2 Å². The number of anilines is 1. The van der Waals surface area contributed by atoms with E-state index in [9.17, 15) is 9.59 Å². The van der Waals surface area contributed by atoms with E-state index >= 15 is 0 Å². The molecule has 0 saturated carbocycles. The summed E-state index contributed by atoms with van der Waals surface area (Å²) in [7, 11) is 6.40. The molecule has 2 aromatic rings. The zero-order valence-electron chi connectivity index (χ0n) is 18.2. The van der Waals surface area contributed by atoms with Crippen molar-refractivity contribution in [2.75, 3.05) is 46.4 Å². The number of piperidine rings is 1. The van der Waals surface area contributed by atoms with Gasteiger partial charge in [-0.25, -0.2) is 0 Å². The van der Waals surface area contributed by atoms with E-state index in [1.165, 1.54) is 7.11 Å². The van der Waals surface area contributed by atoms with Crippen LogP contribution >= 0.6 is 11.6 Å². The number of hydrogen-bond donors (Lipinski definition) is 0. The fourth-order valence-electron chi connectivity index (χ4n) is 3.78. The average molecular weight is 447 g/mol. The molecular weight excluding hydrogens is 420 g/mol. The minimum atomic E-state index is -0.164. The normalized spacial score (nSPS) is 14.2. The third-order valence-corrected chi connectivity index (χ3v) is 5.84. The molecule has 0 atom stereocenters. The average Bonchev–Trinajstić information content (AvgIpc) is 2.82. The number of hydrogen-bond acceptors (Lipinski definition) is 5. The highest BCUT2D eigenvalue weighted by atomic mass is 35.5. The Morgan fingerprint density at radius 1 is 0.935 bits per heavy atom. The minimum Gasteiger partial charge on any atom is -0.496 e. The lowest BCUT2D eigenvalue weighted by molar-refractivity contribution is -0.123. The first kappa shape index (κ1) is 22.7. The number of nitrogens with zero attached hydrogens (tertiary/aromatic N) is 2. The number of halogens is 1. The van der Waals surface area contributed by atoms with Gasteiger partial charge in [0.05, 0.1) is 26.9 Å². The summed E-state index contributed by atoms with van der Waals surface area (Å²) in [6, 6.07) is 10.4. The Morgan fingerprint density at radius 2 is 1.55 bits per heavy atom. The molecule has 7 nitrogen and oxygen atoms in total. The summed E-state index contributed by atoms with van der Waals surface area (Å²) in [5, 5.41) is 0.478. The standard InChI is InChI=1S/C23H27ClN2O5/c1-25(17-6-8-20(30-3)21(14-17)31-4)22(27)15-9-11-26(12-10-15)23(28)18-13-16(24)5-7-19(18)29-2/h5-8,13-15H,9-12H2,1-4H3. The second-order valence-corrected chi connectivity index (χ2v) is 7.78. The van der Waals surface area contributed by atoms with Gasteiger partial charge in [-0.3, -0.25) is 9.59 Å². The van der Waals surface area contributed by atoms with Gasteiger partial charge in [0.15, 0.2) is 11.5 Å². The maximum absolute atomic E-state index is 13.1. The SMILES string of the molecule is COc1ccc(N(C)C(=O)C2CCN(C(=O)c3cc(Cl)ccc3OC)CC2)cc1OC. The van der Waals surface area contributed by atoms with Crippen LogP contribution in [0, 0.1) is 5.92 Å². The fourth-order valence-corrected chi connectivity index (χ4v) is 3.95. The first-order valence-corrected chi connectivity index (χ1v) is 10.4. The lowest BCUT2D eigenvalue weighted by Crippen LogP contribution is -2.43. The fraction of sp³-hybridized carbons (Fsp3) is 0.391. The number of ether oxygens (including phenoxy) is 3. The molecule has 0 aromatic heterocycles. The van der Waals surface area contributed by atoms with Crippen molar-refractivity contribution >= 4 is 29.1 Å². The number of amides is 2. The van der Waals surface area contributed by atoms with Crippen molar-refractivity contribution in [2.24, 2.45) is 5.92 Å². The van der Waals surface area contributed by atoms with Gasteiger partial charge in [0.25, 0.3) is 5.91 Å². The van der Waals surface area contributed by atoms with Crippen molar-refractivity contribution in [3.63, 3.8) is 0 Å². The Morgan fingerprint density at radius 3 is 2.16 bits per heavy atom. The molecular formula is C23H27ClN2O5. The topological polar surface area (TPSA) is 68.3 Å². The molecule has 1 saturated heterocycles. The molecule has 0 radical (unpaired) electrons. The van der Waals surface area contributed by atoms with Crippen LogP contribution in [0.25, 0.3) is 0 Å². The Labute approximate surface area is 187 Å². The van der Waals surface area contributed by atoms with Crippen LogP contribution in [0.5, 0.6) is 17.2 Å². The van der Waals surface area contributed by atoms with Gasteiger partial charge in [0.2, 0.25) is 5.91 Å². The quantitative estimate of drug-likeness (QED) is 0.673. The number of benzene rings is 2. The van der Waals surface area contributed by atoms with Gasteiger partial charge >= 0.3 is 0 Å². The number of carbonyl (C=O) groups is 2. The molecule has 8 heteroatoms. The van der Waals surface area contributed by atoms with E-state index < -0.39 is 0 Å². The third kappa shape index (κ3) is 4.88. The maximum Gasteiger partial charge on any atom is 0.257 e. The molecule has 1 aliphatic rings. The number of likely N-dealkylation sites (tertiary alicyclic amines) is 1. The summed E-state index contributed by atoms with van der Waals surface area (Å²) in [6.45, 7) is 0.982. The number of rotatable bonds is 6. The Bertz CT molecular complexity index is 957. The highest BCUT2D eigenvalue weighted by Gasteiger charge is 2.31. The van der Waals surface area contributed by atoms with Gasteiger partial charge in [-0.1, -0.05) is 11.6 Å². The molecule has 2 aromatic carbocycles. The summed E-state index contributed by atoms with van der Waals surface area (Å²) in [5.74, 6) is 1.37. The highest BCUT2D eigenvalue weighted by molar-refractivity contribution is 6.31. The van der Waals surface area contributed by atoms with Crippen molar-refractivity contribution in [1.82, 2.24) is 4.90 Å². The smallest absolute Gasteiger partial charge is 0.257 e. The zero-order valence-corrected chi connectivity index (χ0v) is 18.9. The van der Waals surface area contributed by atoms with Gasteiger partial charge in [-0.2, -0.15) is 0 Å². The van der Waals surface area contributed by atoms with Crippen LogP contribution < -0.4 is 19.1 Å². The van der Waals surface area contributed by atoms with Crippen LogP contribution in [0.3, 0.4) is 0 Å². The molecule has 2 amide bonds. The van der Waals surface area contributed by atoms with Gasteiger partial charge in [0.1, 0.15) is 5.75 Å². The summed E-state index contributed by atoms with van der Waals surface area (Å²) in [5.41, 5.74) is 1.16. The largest absolute Gasteiger partial charge is 0.496 e. The molecule has 1 fully saturated rings. The highest BCUT2D eigenvalue weighted by Crippen LogP contribution is 2.33. The van der Waals surface area contributed by atoms with E-state index in [1.54, 1.807) is 61.4 Å². The predicted molar refractivity (Wildman–Crippen MR) is 120 cm³/mol. The molecule has 0 N–H and O–H groups in total. The number of methoxy groups -OCH3 is 3. The Hall–Kier alpha value is -2.93. The van der Waals surface area contributed by atoms with Crippen molar-refractivity contribution in [3.05, 3.63) is 47.0 Å². The van der Waals surface area contributed by atoms with Gasteiger partial charge < -0.3 is 24.0 Å². The molecule has 0 aliphatic carbocycles. The van der Waals surface area contributed by atoms with Crippen molar-refractivity contribution < 1.29 is 23.8 Å². The van der Waals surface area contributed by atoms with Gasteiger partial charge in [-0.05, 0) is 43.2 Å². The van der Waals surface area contributed by atoms with E-state index in [1.807, 2.05) is 6.07 Å². The van der Waals surface area contributed by atoms with E-state index in [-0.39, 0.29) is 17.7 Å². The molecule has 0 bridgehead atoms. The van der Waals surface area contributed by atoms with Crippen molar-refractivity contribution in [1.29, 1.82) is 0 Å². The molecule has 1 heterocycles. The molecule has 1 aliphatic heterocycles. The number of carbonyl (C=O) groups excluding carboxylic acids is 2. The van der Waals surface area contributed by atoms with E-state index in [4.69, 9.17) is 25.8 Å². The Kier molecular flexibility index (Phi) is 7.28. The van der Waals surface area contributed by atoms with Crippen LogP contribution in [0.1, 0.15) is 23.2 Å². The predicted octanol–water partition coefficient (Wildman–Crippen LogP) is 3.88. The van der Waals surface area contributed by atoms with Gasteiger partial charge in [0, 0.05) is 42.8 Å². The Balaban J connectivity index is 1.66. The van der Waals surface area contributed by atoms with Gasteiger partial charge in [-0.15, -0.1) is 0 Å². The van der Waals surface area contributed by atoms with E-state index in [0.29, 0.717) is 53.8 Å². The molecule has 0 unspecified atom stereocenters. The first-order chi connectivity index (χ1) is 14.9. The van der Waals surface area contributed by atoms with Crippen LogP contribution in [-0.4, -0.2) is 58.2 Å². The summed E-state index contributed by atoms with van der Waals surface area (Å²) in [4.78, 5) is 29.4.